The third kappa shape index (κ3) is 5.39. The second-order valence-corrected chi connectivity index (χ2v) is 8.03. The van der Waals surface area contributed by atoms with Gasteiger partial charge in [0.25, 0.3) is 11.5 Å². The van der Waals surface area contributed by atoms with Crippen LogP contribution in [-0.2, 0) is 4.79 Å². The summed E-state index contributed by atoms with van der Waals surface area (Å²) in [5.41, 5.74) is 0.538. The molecular weight excluding hydrogens is 461 g/mol. The third-order valence-corrected chi connectivity index (χ3v) is 5.57. The van der Waals surface area contributed by atoms with Gasteiger partial charge >= 0.3 is 0 Å². The first kappa shape index (κ1) is 24.6. The number of likely N-dealkylation sites (N-methyl/N-ethyl adjacent to an activating group) is 1. The summed E-state index contributed by atoms with van der Waals surface area (Å²) in [6, 6.07) is 23.4. The number of nitrogens with one attached hydrogen (secondary N) is 2. The molecule has 0 saturated heterocycles. The van der Waals surface area contributed by atoms with Gasteiger partial charge in [-0.1, -0.05) is 36.4 Å². The zero-order valence-electron chi connectivity index (χ0n) is 19.7. The first-order valence-corrected chi connectivity index (χ1v) is 11.2. The highest BCUT2D eigenvalue weighted by atomic mass is 19.1. The van der Waals surface area contributed by atoms with E-state index in [4.69, 9.17) is 4.74 Å². The average molecular weight is 486 g/mol. The summed E-state index contributed by atoms with van der Waals surface area (Å²) in [6.07, 6.45) is 0. The summed E-state index contributed by atoms with van der Waals surface area (Å²) in [5, 5.41) is 5.40. The average Bonchev–Trinajstić information content (AvgIpc) is 2.90. The third-order valence-electron chi connectivity index (χ3n) is 5.57. The molecular formula is C28H24FN3O4. The van der Waals surface area contributed by atoms with Crippen LogP contribution in [0, 0.1) is 5.82 Å². The molecule has 0 aliphatic carbocycles. The summed E-state index contributed by atoms with van der Waals surface area (Å²) in [5.74, 6) is -0.660. The van der Waals surface area contributed by atoms with Crippen LogP contribution in [0.1, 0.15) is 17.3 Å². The van der Waals surface area contributed by atoms with Crippen molar-refractivity contribution in [2.75, 3.05) is 12.4 Å². The number of pyridine rings is 1. The molecule has 7 nitrogen and oxygen atoms in total. The largest absolute Gasteiger partial charge is 0.457 e. The van der Waals surface area contributed by atoms with Crippen molar-refractivity contribution in [1.82, 2.24) is 9.88 Å². The van der Waals surface area contributed by atoms with Crippen molar-refractivity contribution in [3.05, 3.63) is 113 Å². The second-order valence-electron chi connectivity index (χ2n) is 8.03. The Balaban J connectivity index is 1.76. The Morgan fingerprint density at radius 1 is 0.889 bits per heavy atom. The van der Waals surface area contributed by atoms with Crippen LogP contribution in [0.2, 0.25) is 0 Å². The Hall–Kier alpha value is -4.56. The van der Waals surface area contributed by atoms with E-state index in [9.17, 15) is 18.8 Å². The molecule has 0 unspecified atom stereocenters. The number of carbonyl (C=O) groups is 2. The Morgan fingerprint density at radius 3 is 2.31 bits per heavy atom. The maximum Gasteiger partial charge on any atom is 0.281 e. The van der Waals surface area contributed by atoms with Crippen LogP contribution in [0.3, 0.4) is 0 Å². The molecule has 182 valence electrons. The van der Waals surface area contributed by atoms with Crippen molar-refractivity contribution in [3.63, 3.8) is 0 Å². The van der Waals surface area contributed by atoms with Gasteiger partial charge in [0.15, 0.2) is 0 Å². The van der Waals surface area contributed by atoms with E-state index in [0.29, 0.717) is 22.8 Å². The topological polar surface area (TPSA) is 89.4 Å². The number of carbonyl (C=O) groups excluding carboxylic acids is 2. The fourth-order valence-electron chi connectivity index (χ4n) is 3.50. The van der Waals surface area contributed by atoms with E-state index in [1.54, 1.807) is 62.5 Å². The van der Waals surface area contributed by atoms with Crippen molar-refractivity contribution < 1.29 is 18.7 Å². The van der Waals surface area contributed by atoms with Gasteiger partial charge in [-0.15, -0.1) is 0 Å². The van der Waals surface area contributed by atoms with E-state index >= 15 is 0 Å². The van der Waals surface area contributed by atoms with Gasteiger partial charge in [-0.3, -0.25) is 14.4 Å². The standard InChI is InChI=1S/C28H24FN3O4/c1-18(30-2)26(33)31-24-15-16-25(19-7-4-3-5-8-19)32(28(24)35)27(34)20-9-6-10-23(17-20)36-22-13-11-21(29)12-14-22/h3-18,30H,1-2H3,(H,31,33)/t18-/m0/s1. The highest BCUT2D eigenvalue weighted by Crippen LogP contribution is 2.25. The predicted molar refractivity (Wildman–Crippen MR) is 136 cm³/mol. The smallest absolute Gasteiger partial charge is 0.281 e. The summed E-state index contributed by atoms with van der Waals surface area (Å²) >= 11 is 0. The number of rotatable bonds is 7. The van der Waals surface area contributed by atoms with Crippen LogP contribution < -0.4 is 20.9 Å². The van der Waals surface area contributed by atoms with Crippen LogP contribution in [0.25, 0.3) is 11.3 Å². The summed E-state index contributed by atoms with van der Waals surface area (Å²) in [4.78, 5) is 39.5. The number of halogens is 1. The van der Waals surface area contributed by atoms with Gasteiger partial charge in [-0.05, 0) is 74.1 Å². The van der Waals surface area contributed by atoms with Gasteiger partial charge in [-0.25, -0.2) is 8.96 Å². The minimum Gasteiger partial charge on any atom is -0.457 e. The van der Waals surface area contributed by atoms with Crippen molar-refractivity contribution in [2.45, 2.75) is 13.0 Å². The van der Waals surface area contributed by atoms with Gasteiger partial charge in [0.1, 0.15) is 23.0 Å². The number of anilines is 1. The summed E-state index contributed by atoms with van der Waals surface area (Å²) < 4.78 is 20.0. The van der Waals surface area contributed by atoms with Gasteiger partial charge in [0.2, 0.25) is 5.91 Å². The minimum atomic E-state index is -0.664. The molecule has 0 radical (unpaired) electrons. The lowest BCUT2D eigenvalue weighted by Gasteiger charge is -2.16. The highest BCUT2D eigenvalue weighted by Gasteiger charge is 2.21. The molecule has 0 fully saturated rings. The number of amides is 1. The summed E-state index contributed by atoms with van der Waals surface area (Å²) in [6.45, 7) is 1.66. The predicted octanol–water partition coefficient (Wildman–Crippen LogP) is 4.68. The normalized spacial score (nSPS) is 11.5. The maximum atomic E-state index is 13.7. The molecule has 3 aromatic carbocycles. The summed E-state index contributed by atoms with van der Waals surface area (Å²) in [7, 11) is 1.63. The Labute approximate surface area is 207 Å². The van der Waals surface area contributed by atoms with E-state index in [2.05, 4.69) is 10.6 Å². The zero-order valence-corrected chi connectivity index (χ0v) is 19.7. The molecule has 0 bridgehead atoms. The molecule has 0 aliphatic heterocycles. The second kappa shape index (κ2) is 10.8. The van der Waals surface area contributed by atoms with Gasteiger partial charge in [0.05, 0.1) is 11.7 Å². The van der Waals surface area contributed by atoms with Crippen molar-refractivity contribution in [2.24, 2.45) is 0 Å². The molecule has 1 aromatic heterocycles. The van der Waals surface area contributed by atoms with Crippen LogP contribution in [0.4, 0.5) is 10.1 Å². The van der Waals surface area contributed by atoms with Crippen molar-refractivity contribution in [1.29, 1.82) is 0 Å². The SMILES string of the molecule is CN[C@@H](C)C(=O)Nc1ccc(-c2ccccc2)n(C(=O)c2cccc(Oc3ccc(F)cc3)c2)c1=O. The molecule has 1 amide bonds. The number of ether oxygens (including phenoxy) is 1. The molecule has 4 aromatic rings. The number of benzene rings is 3. The lowest BCUT2D eigenvalue weighted by molar-refractivity contribution is -0.117. The van der Waals surface area contributed by atoms with E-state index in [-0.39, 0.29) is 11.3 Å². The maximum absolute atomic E-state index is 13.7. The van der Waals surface area contributed by atoms with Crippen LogP contribution in [0.15, 0.2) is 95.8 Å². The Morgan fingerprint density at radius 2 is 1.61 bits per heavy atom. The quantitative estimate of drug-likeness (QED) is 0.397. The molecule has 0 aliphatic rings. The molecule has 1 atom stereocenters. The minimum absolute atomic E-state index is 0.0196. The number of nitrogens with zero attached hydrogens (tertiary/aromatic N) is 1. The lowest BCUT2D eigenvalue weighted by Crippen LogP contribution is -2.38. The molecule has 36 heavy (non-hydrogen) atoms. The van der Waals surface area contributed by atoms with Crippen LogP contribution >= 0.6 is 0 Å². The molecule has 0 saturated carbocycles. The molecule has 8 heteroatoms. The first-order chi connectivity index (χ1) is 17.4. The fraction of sp³-hybridized carbons (Fsp3) is 0.107. The Kier molecular flexibility index (Phi) is 7.36. The first-order valence-electron chi connectivity index (χ1n) is 11.2. The van der Waals surface area contributed by atoms with Gasteiger partial charge in [-0.2, -0.15) is 0 Å². The van der Waals surface area contributed by atoms with Gasteiger partial charge < -0.3 is 15.4 Å². The van der Waals surface area contributed by atoms with Crippen molar-refractivity contribution in [3.8, 4) is 22.8 Å². The highest BCUT2D eigenvalue weighted by molar-refractivity contribution is 6.00. The van der Waals surface area contributed by atoms with Gasteiger partial charge in [0, 0.05) is 5.56 Å². The van der Waals surface area contributed by atoms with Crippen LogP contribution in [-0.4, -0.2) is 29.5 Å². The number of aromatic nitrogens is 1. The van der Waals surface area contributed by atoms with E-state index in [0.717, 1.165) is 4.57 Å². The molecule has 2 N–H and O–H groups in total. The van der Waals surface area contributed by atoms with Crippen LogP contribution in [0.5, 0.6) is 11.5 Å². The molecule has 0 spiro atoms. The van der Waals surface area contributed by atoms with E-state index in [1.807, 2.05) is 6.07 Å². The molecule has 4 rings (SSSR count). The van der Waals surface area contributed by atoms with Crippen molar-refractivity contribution >= 4 is 17.5 Å². The molecule has 1 heterocycles. The number of hydrogen-bond donors (Lipinski definition) is 2. The number of hydrogen-bond acceptors (Lipinski definition) is 5. The zero-order chi connectivity index (χ0) is 25.7. The lowest BCUT2D eigenvalue weighted by atomic mass is 10.1. The monoisotopic (exact) mass is 485 g/mol. The van der Waals surface area contributed by atoms with E-state index < -0.39 is 29.2 Å². The fourth-order valence-corrected chi connectivity index (χ4v) is 3.50. The van der Waals surface area contributed by atoms with E-state index in [1.165, 1.54) is 36.4 Å². The Bertz CT molecular complexity index is 1450.